The minimum Gasteiger partial charge on any atom is -0.393 e. The number of rotatable bonds is 2. The Morgan fingerprint density at radius 3 is 2.84 bits per heavy atom. The molecule has 0 aliphatic heterocycles. The Morgan fingerprint density at radius 1 is 1.26 bits per heavy atom. The van der Waals surface area contributed by atoms with Crippen molar-refractivity contribution in [1.82, 2.24) is 24.7 Å². The smallest absolute Gasteiger partial charge is 0.310 e. The predicted octanol–water partition coefficient (Wildman–Crippen LogP) is 0.701. The molecule has 0 amide bonds. The summed E-state index contributed by atoms with van der Waals surface area (Å²) in [6.07, 6.45) is 5.67. The van der Waals surface area contributed by atoms with E-state index in [-0.39, 0.29) is 11.4 Å². The molecule has 0 bridgehead atoms. The molecule has 19 heavy (non-hydrogen) atoms. The second-order valence-corrected chi connectivity index (χ2v) is 3.72. The number of anilines is 1. The first-order valence-electron chi connectivity index (χ1n) is 5.21. The molecule has 0 aromatic carbocycles. The van der Waals surface area contributed by atoms with E-state index < -0.39 is 4.92 Å². The summed E-state index contributed by atoms with van der Waals surface area (Å²) in [5.41, 5.74) is 5.95. The molecule has 0 aliphatic carbocycles. The van der Waals surface area contributed by atoms with Gasteiger partial charge in [-0.25, -0.2) is 15.0 Å². The third-order valence-electron chi connectivity index (χ3n) is 2.54. The minimum absolute atomic E-state index is 0.0210. The number of nitrogen functional groups attached to an aromatic ring is 1. The molecule has 0 radical (unpaired) electrons. The SMILES string of the molecule is Nc1cc(-n2ncc3cncnc32)ncc1[N+](=O)[O-]. The van der Waals surface area contributed by atoms with E-state index in [0.717, 1.165) is 11.6 Å². The van der Waals surface area contributed by atoms with Crippen LogP contribution in [0.3, 0.4) is 0 Å². The van der Waals surface area contributed by atoms with Gasteiger partial charge in [0.15, 0.2) is 11.5 Å². The lowest BCUT2D eigenvalue weighted by Crippen LogP contribution is -2.04. The van der Waals surface area contributed by atoms with Crippen molar-refractivity contribution >= 4 is 22.4 Å². The average Bonchev–Trinajstić information content (AvgIpc) is 2.82. The van der Waals surface area contributed by atoms with Gasteiger partial charge in [-0.15, -0.1) is 0 Å². The van der Waals surface area contributed by atoms with Crippen LogP contribution in [0.15, 0.2) is 31.0 Å². The van der Waals surface area contributed by atoms with Gasteiger partial charge >= 0.3 is 5.69 Å². The van der Waals surface area contributed by atoms with Crippen LogP contribution in [0.25, 0.3) is 16.9 Å². The van der Waals surface area contributed by atoms with E-state index in [0.29, 0.717) is 11.5 Å². The Morgan fingerprint density at radius 2 is 2.11 bits per heavy atom. The van der Waals surface area contributed by atoms with Crippen LogP contribution in [-0.2, 0) is 0 Å². The molecule has 0 atom stereocenters. The van der Waals surface area contributed by atoms with Gasteiger partial charge < -0.3 is 5.73 Å². The van der Waals surface area contributed by atoms with Crippen LogP contribution in [0, 0.1) is 10.1 Å². The lowest BCUT2D eigenvalue weighted by molar-refractivity contribution is -0.384. The fourth-order valence-corrected chi connectivity index (χ4v) is 1.66. The lowest BCUT2D eigenvalue weighted by Gasteiger charge is -2.03. The molecule has 0 saturated carbocycles. The molecule has 0 aliphatic rings. The zero-order valence-corrected chi connectivity index (χ0v) is 9.46. The van der Waals surface area contributed by atoms with Gasteiger partial charge in [-0.2, -0.15) is 9.78 Å². The quantitative estimate of drug-likeness (QED) is 0.528. The molecule has 3 rings (SSSR count). The Balaban J connectivity index is 2.17. The summed E-state index contributed by atoms with van der Waals surface area (Å²) in [6.45, 7) is 0. The molecule has 3 aromatic rings. The van der Waals surface area contributed by atoms with Gasteiger partial charge in [0.05, 0.1) is 16.5 Å². The Labute approximate surface area is 105 Å². The molecule has 0 fully saturated rings. The van der Waals surface area contributed by atoms with Crippen molar-refractivity contribution in [2.45, 2.75) is 0 Å². The number of nitrogens with zero attached hydrogens (tertiary/aromatic N) is 6. The molecular weight excluding hydrogens is 250 g/mol. The largest absolute Gasteiger partial charge is 0.393 e. The number of aromatic nitrogens is 5. The standard InChI is InChI=1S/C10H7N7O2/c11-7-1-9(13-4-8(7)17(18)19)16-10-6(3-15-16)2-12-5-14-10/h1-5H,(H2,11,13). The number of nitro groups is 1. The van der Waals surface area contributed by atoms with Crippen LogP contribution in [-0.4, -0.2) is 29.7 Å². The average molecular weight is 257 g/mol. The molecule has 0 unspecified atom stereocenters. The second-order valence-electron chi connectivity index (χ2n) is 3.72. The first-order valence-corrected chi connectivity index (χ1v) is 5.21. The van der Waals surface area contributed by atoms with Crippen LogP contribution in [0.5, 0.6) is 0 Å². The van der Waals surface area contributed by atoms with Crippen molar-refractivity contribution in [3.63, 3.8) is 0 Å². The molecule has 0 saturated heterocycles. The summed E-state index contributed by atoms with van der Waals surface area (Å²) in [6, 6.07) is 1.38. The summed E-state index contributed by atoms with van der Waals surface area (Å²) in [4.78, 5) is 22.0. The second kappa shape index (κ2) is 3.98. The normalized spacial score (nSPS) is 10.7. The van der Waals surface area contributed by atoms with E-state index >= 15 is 0 Å². The van der Waals surface area contributed by atoms with Crippen molar-refractivity contribution in [3.05, 3.63) is 41.1 Å². The monoisotopic (exact) mass is 257 g/mol. The molecule has 9 heteroatoms. The fourth-order valence-electron chi connectivity index (χ4n) is 1.66. The maximum absolute atomic E-state index is 10.7. The van der Waals surface area contributed by atoms with Gasteiger partial charge in [0, 0.05) is 12.3 Å². The van der Waals surface area contributed by atoms with E-state index in [9.17, 15) is 10.1 Å². The maximum atomic E-state index is 10.7. The van der Waals surface area contributed by atoms with Crippen molar-refractivity contribution in [2.24, 2.45) is 0 Å². The molecule has 0 spiro atoms. The number of fused-ring (bicyclic) bond motifs is 1. The van der Waals surface area contributed by atoms with Gasteiger partial charge in [-0.1, -0.05) is 0 Å². The molecule has 94 valence electrons. The Hall–Kier alpha value is -3.10. The Kier molecular flexibility index (Phi) is 2.31. The fraction of sp³-hybridized carbons (Fsp3) is 0. The minimum atomic E-state index is -0.588. The molecule has 3 heterocycles. The van der Waals surface area contributed by atoms with Gasteiger partial charge in [0.1, 0.15) is 18.2 Å². The maximum Gasteiger partial charge on any atom is 0.310 e. The van der Waals surface area contributed by atoms with Crippen LogP contribution in [0.4, 0.5) is 11.4 Å². The highest BCUT2D eigenvalue weighted by molar-refractivity contribution is 5.75. The van der Waals surface area contributed by atoms with Crippen LogP contribution >= 0.6 is 0 Å². The number of pyridine rings is 1. The van der Waals surface area contributed by atoms with Crippen molar-refractivity contribution in [1.29, 1.82) is 0 Å². The molecular formula is C10H7N7O2. The van der Waals surface area contributed by atoms with E-state index in [4.69, 9.17) is 5.73 Å². The number of nitrogens with two attached hydrogens (primary N) is 1. The summed E-state index contributed by atoms with van der Waals surface area (Å²) in [5, 5.41) is 15.5. The summed E-state index contributed by atoms with van der Waals surface area (Å²) in [5.74, 6) is 0.358. The summed E-state index contributed by atoms with van der Waals surface area (Å²) >= 11 is 0. The van der Waals surface area contributed by atoms with Gasteiger partial charge in [-0.3, -0.25) is 10.1 Å². The summed E-state index contributed by atoms with van der Waals surface area (Å²) < 4.78 is 1.44. The highest BCUT2D eigenvalue weighted by Gasteiger charge is 2.15. The van der Waals surface area contributed by atoms with Gasteiger partial charge in [0.2, 0.25) is 0 Å². The van der Waals surface area contributed by atoms with Crippen molar-refractivity contribution < 1.29 is 4.92 Å². The zero-order valence-electron chi connectivity index (χ0n) is 9.46. The zero-order chi connectivity index (χ0) is 13.4. The van der Waals surface area contributed by atoms with E-state index in [1.807, 2.05) is 0 Å². The molecule has 9 nitrogen and oxygen atoms in total. The van der Waals surface area contributed by atoms with Crippen molar-refractivity contribution in [3.8, 4) is 5.82 Å². The highest BCUT2D eigenvalue weighted by Crippen LogP contribution is 2.22. The van der Waals surface area contributed by atoms with Crippen LogP contribution in [0.2, 0.25) is 0 Å². The van der Waals surface area contributed by atoms with E-state index in [1.165, 1.54) is 17.1 Å². The summed E-state index contributed by atoms with van der Waals surface area (Å²) in [7, 11) is 0. The van der Waals surface area contributed by atoms with E-state index in [2.05, 4.69) is 20.1 Å². The van der Waals surface area contributed by atoms with Crippen LogP contribution < -0.4 is 5.73 Å². The van der Waals surface area contributed by atoms with Gasteiger partial charge in [-0.05, 0) is 0 Å². The van der Waals surface area contributed by atoms with Crippen LogP contribution in [0.1, 0.15) is 0 Å². The van der Waals surface area contributed by atoms with Crippen molar-refractivity contribution in [2.75, 3.05) is 5.73 Å². The third kappa shape index (κ3) is 1.73. The first-order chi connectivity index (χ1) is 9.16. The first kappa shape index (κ1) is 11.0. The Bertz CT molecular complexity index is 782. The number of hydrogen-bond acceptors (Lipinski definition) is 7. The van der Waals surface area contributed by atoms with E-state index in [1.54, 1.807) is 12.4 Å². The molecule has 3 aromatic heterocycles. The third-order valence-corrected chi connectivity index (χ3v) is 2.54. The predicted molar refractivity (Wildman–Crippen MR) is 65.5 cm³/mol. The van der Waals surface area contributed by atoms with Gasteiger partial charge in [0.25, 0.3) is 0 Å². The highest BCUT2D eigenvalue weighted by atomic mass is 16.6. The topological polar surface area (TPSA) is 126 Å². The molecule has 2 N–H and O–H groups in total. The number of hydrogen-bond donors (Lipinski definition) is 1. The lowest BCUT2D eigenvalue weighted by atomic mass is 10.3.